The minimum Gasteiger partial charge on any atom is -0.378 e. The molecule has 5 nitrogen and oxygen atoms in total. The molecule has 1 saturated heterocycles. The lowest BCUT2D eigenvalue weighted by Crippen LogP contribution is -2.38. The number of rotatable bonds is 2. The van der Waals surface area contributed by atoms with Crippen LogP contribution in [0, 0.1) is 3.57 Å². The zero-order valence-electron chi connectivity index (χ0n) is 9.12. The van der Waals surface area contributed by atoms with Gasteiger partial charge in [-0.2, -0.15) is 0 Å². The average molecular weight is 335 g/mol. The molecule has 0 radical (unpaired) electrons. The van der Waals surface area contributed by atoms with Gasteiger partial charge in [0.05, 0.1) is 22.5 Å². The molecule has 1 N–H and O–H groups in total. The molecule has 1 aromatic rings. The Morgan fingerprint density at radius 2 is 2.19 bits per heavy atom. The molecule has 0 saturated carbocycles. The summed E-state index contributed by atoms with van der Waals surface area (Å²) in [4.78, 5) is 21.1. The van der Waals surface area contributed by atoms with Crippen LogP contribution in [0.25, 0.3) is 0 Å². The van der Waals surface area contributed by atoms with Crippen molar-refractivity contribution in [2.45, 2.75) is 13.3 Å². The Bertz CT molecular complexity index is 427. The van der Waals surface area contributed by atoms with Crippen LogP contribution in [0.3, 0.4) is 0 Å². The van der Waals surface area contributed by atoms with Crippen LogP contribution in [0.5, 0.6) is 0 Å². The number of ether oxygens (including phenoxy) is 1. The van der Waals surface area contributed by atoms with Crippen LogP contribution in [0.1, 0.15) is 12.6 Å². The third kappa shape index (κ3) is 2.37. The molecule has 0 amide bonds. The van der Waals surface area contributed by atoms with Gasteiger partial charge in [0, 0.05) is 13.1 Å². The summed E-state index contributed by atoms with van der Waals surface area (Å²) in [5, 5.41) is 0. The summed E-state index contributed by atoms with van der Waals surface area (Å²) in [7, 11) is 0. The number of halogens is 1. The summed E-state index contributed by atoms with van der Waals surface area (Å²) in [6.45, 7) is 4.96. The van der Waals surface area contributed by atoms with E-state index in [1.165, 1.54) is 0 Å². The van der Waals surface area contributed by atoms with Gasteiger partial charge in [-0.3, -0.25) is 9.78 Å². The number of nitrogens with zero attached hydrogens (tertiary/aromatic N) is 2. The van der Waals surface area contributed by atoms with Crippen molar-refractivity contribution in [2.75, 3.05) is 31.2 Å². The fraction of sp³-hybridized carbons (Fsp3) is 0.600. The van der Waals surface area contributed by atoms with Gasteiger partial charge in [0.1, 0.15) is 0 Å². The van der Waals surface area contributed by atoms with Crippen molar-refractivity contribution in [3.63, 3.8) is 0 Å². The van der Waals surface area contributed by atoms with Gasteiger partial charge in [0.15, 0.2) is 0 Å². The van der Waals surface area contributed by atoms with E-state index in [4.69, 9.17) is 4.74 Å². The maximum absolute atomic E-state index is 11.7. The molecule has 6 heteroatoms. The number of H-pyrrole nitrogens is 1. The summed E-state index contributed by atoms with van der Waals surface area (Å²) in [6.07, 6.45) is 0.777. The minimum absolute atomic E-state index is 0.0473. The summed E-state index contributed by atoms with van der Waals surface area (Å²) in [5.41, 5.74) is 0.819. The molecule has 0 aromatic carbocycles. The predicted molar refractivity (Wildman–Crippen MR) is 70.0 cm³/mol. The van der Waals surface area contributed by atoms with Crippen LogP contribution in [-0.4, -0.2) is 36.3 Å². The van der Waals surface area contributed by atoms with Gasteiger partial charge in [0.25, 0.3) is 5.56 Å². The zero-order chi connectivity index (χ0) is 11.5. The number of anilines is 1. The highest BCUT2D eigenvalue weighted by atomic mass is 127. The largest absolute Gasteiger partial charge is 0.378 e. The molecule has 2 heterocycles. The van der Waals surface area contributed by atoms with E-state index in [-0.39, 0.29) is 5.56 Å². The molecule has 88 valence electrons. The van der Waals surface area contributed by atoms with E-state index in [9.17, 15) is 4.79 Å². The summed E-state index contributed by atoms with van der Waals surface area (Å²) < 4.78 is 5.96. The Balaban J connectivity index is 2.33. The van der Waals surface area contributed by atoms with E-state index in [1.54, 1.807) is 0 Å². The Morgan fingerprint density at radius 1 is 1.50 bits per heavy atom. The summed E-state index contributed by atoms with van der Waals surface area (Å²) >= 11 is 2.04. The Hall–Kier alpha value is -0.630. The Morgan fingerprint density at radius 3 is 2.81 bits per heavy atom. The maximum atomic E-state index is 11.7. The van der Waals surface area contributed by atoms with Crippen LogP contribution >= 0.6 is 22.6 Å². The summed E-state index contributed by atoms with van der Waals surface area (Å²) in [6, 6.07) is 0. The first-order valence-corrected chi connectivity index (χ1v) is 6.41. The van der Waals surface area contributed by atoms with E-state index in [1.807, 2.05) is 29.5 Å². The monoisotopic (exact) mass is 335 g/mol. The smallest absolute Gasteiger partial charge is 0.265 e. The van der Waals surface area contributed by atoms with Crippen molar-refractivity contribution in [3.8, 4) is 0 Å². The molecule has 1 aromatic heterocycles. The third-order valence-corrected chi connectivity index (χ3v) is 3.68. The standard InChI is InChI=1S/C10H14IN3O2/c1-2-7-8(11)9(15)13-10(12-7)14-3-5-16-6-4-14/h2-6H2,1H3,(H,12,13,15). The predicted octanol–water partition coefficient (Wildman–Crippen LogP) is 0.774. The topological polar surface area (TPSA) is 58.2 Å². The number of nitrogens with one attached hydrogen (secondary N) is 1. The Kier molecular flexibility index (Phi) is 3.80. The van der Waals surface area contributed by atoms with Crippen LogP contribution in [0.2, 0.25) is 0 Å². The van der Waals surface area contributed by atoms with Gasteiger partial charge < -0.3 is 9.64 Å². The lowest BCUT2D eigenvalue weighted by Gasteiger charge is -2.27. The van der Waals surface area contributed by atoms with E-state index in [0.29, 0.717) is 22.7 Å². The van der Waals surface area contributed by atoms with Gasteiger partial charge >= 0.3 is 0 Å². The highest BCUT2D eigenvalue weighted by molar-refractivity contribution is 14.1. The first kappa shape index (κ1) is 11.8. The molecule has 1 aliphatic heterocycles. The number of hydrogen-bond acceptors (Lipinski definition) is 4. The van der Waals surface area contributed by atoms with Gasteiger partial charge in [-0.25, -0.2) is 4.98 Å². The van der Waals surface area contributed by atoms with Crippen molar-refractivity contribution in [1.29, 1.82) is 0 Å². The number of hydrogen-bond donors (Lipinski definition) is 1. The van der Waals surface area contributed by atoms with E-state index >= 15 is 0 Å². The number of morpholine rings is 1. The zero-order valence-corrected chi connectivity index (χ0v) is 11.3. The number of aryl methyl sites for hydroxylation is 1. The molecule has 1 fully saturated rings. The highest BCUT2D eigenvalue weighted by Gasteiger charge is 2.15. The minimum atomic E-state index is -0.0473. The lowest BCUT2D eigenvalue weighted by atomic mass is 10.3. The molecule has 1 aliphatic rings. The Labute approximate surface area is 107 Å². The molecule has 0 atom stereocenters. The second-order valence-corrected chi connectivity index (χ2v) is 4.68. The van der Waals surface area contributed by atoms with Crippen LogP contribution < -0.4 is 10.5 Å². The third-order valence-electron chi connectivity index (χ3n) is 2.56. The molecule has 16 heavy (non-hydrogen) atoms. The second-order valence-electron chi connectivity index (χ2n) is 3.60. The molecule has 2 rings (SSSR count). The first-order chi connectivity index (χ1) is 7.72. The quantitative estimate of drug-likeness (QED) is 0.812. The average Bonchev–Trinajstić information content (AvgIpc) is 2.33. The van der Waals surface area contributed by atoms with E-state index < -0.39 is 0 Å². The normalized spacial score (nSPS) is 16.5. The molecule has 0 spiro atoms. The van der Waals surface area contributed by atoms with E-state index in [0.717, 1.165) is 25.2 Å². The highest BCUT2D eigenvalue weighted by Crippen LogP contribution is 2.12. The van der Waals surface area contributed by atoms with Crippen molar-refractivity contribution in [1.82, 2.24) is 9.97 Å². The molecular formula is C10H14IN3O2. The van der Waals surface area contributed by atoms with Gasteiger partial charge in [-0.15, -0.1) is 0 Å². The van der Waals surface area contributed by atoms with Crippen LogP contribution in [-0.2, 0) is 11.2 Å². The van der Waals surface area contributed by atoms with Gasteiger partial charge in [0.2, 0.25) is 5.95 Å². The second kappa shape index (κ2) is 5.13. The summed E-state index contributed by atoms with van der Waals surface area (Å²) in [5.74, 6) is 0.672. The van der Waals surface area contributed by atoms with E-state index in [2.05, 4.69) is 14.9 Å². The SMILES string of the molecule is CCc1nc(N2CCOCC2)[nH]c(=O)c1I. The molecule has 0 unspecified atom stereocenters. The van der Waals surface area contributed by atoms with Crippen molar-refractivity contribution in [3.05, 3.63) is 19.6 Å². The van der Waals surface area contributed by atoms with Crippen LogP contribution in [0.4, 0.5) is 5.95 Å². The maximum Gasteiger partial charge on any atom is 0.265 e. The number of aromatic nitrogens is 2. The first-order valence-electron chi connectivity index (χ1n) is 5.33. The van der Waals surface area contributed by atoms with Gasteiger partial charge in [-0.05, 0) is 29.0 Å². The van der Waals surface area contributed by atoms with Crippen molar-refractivity contribution >= 4 is 28.5 Å². The lowest BCUT2D eigenvalue weighted by molar-refractivity contribution is 0.122. The fourth-order valence-electron chi connectivity index (χ4n) is 1.65. The molecular weight excluding hydrogens is 321 g/mol. The fourth-order valence-corrected chi connectivity index (χ4v) is 2.29. The van der Waals surface area contributed by atoms with Crippen molar-refractivity contribution < 1.29 is 4.74 Å². The number of aromatic amines is 1. The van der Waals surface area contributed by atoms with Crippen LogP contribution in [0.15, 0.2) is 4.79 Å². The van der Waals surface area contributed by atoms with Gasteiger partial charge in [-0.1, -0.05) is 6.92 Å². The van der Waals surface area contributed by atoms with Crippen molar-refractivity contribution in [2.24, 2.45) is 0 Å². The molecule has 0 aliphatic carbocycles. The molecule has 0 bridgehead atoms.